The maximum atomic E-state index is 12.5. The summed E-state index contributed by atoms with van der Waals surface area (Å²) in [6.07, 6.45) is 3.33. The first-order chi connectivity index (χ1) is 12.6. The molecule has 1 aromatic carbocycles. The third-order valence-electron chi connectivity index (χ3n) is 4.43. The Kier molecular flexibility index (Phi) is 5.55. The molecule has 7 nitrogen and oxygen atoms in total. The first-order valence-corrected chi connectivity index (χ1v) is 8.84. The molecule has 2 aromatic rings. The van der Waals surface area contributed by atoms with E-state index in [0.29, 0.717) is 23.1 Å². The Morgan fingerprint density at radius 3 is 2.54 bits per heavy atom. The summed E-state index contributed by atoms with van der Waals surface area (Å²) < 4.78 is 6.56. The quantitative estimate of drug-likeness (QED) is 0.889. The van der Waals surface area contributed by atoms with Crippen molar-refractivity contribution in [3.05, 3.63) is 46.4 Å². The fourth-order valence-corrected chi connectivity index (χ4v) is 3.11. The van der Waals surface area contributed by atoms with Crippen LogP contribution in [0.4, 0.5) is 11.6 Å². The van der Waals surface area contributed by atoms with Gasteiger partial charge in [0, 0.05) is 30.5 Å². The van der Waals surface area contributed by atoms with Crippen LogP contribution in [0.25, 0.3) is 0 Å². The van der Waals surface area contributed by atoms with Gasteiger partial charge in [0.25, 0.3) is 5.56 Å². The largest absolute Gasteiger partial charge is 0.497 e. The van der Waals surface area contributed by atoms with E-state index in [-0.39, 0.29) is 18.0 Å². The van der Waals surface area contributed by atoms with E-state index in [1.165, 1.54) is 17.1 Å². The summed E-state index contributed by atoms with van der Waals surface area (Å²) in [6, 6.07) is 8.54. The maximum absolute atomic E-state index is 12.5. The average molecular weight is 356 g/mol. The van der Waals surface area contributed by atoms with Crippen molar-refractivity contribution in [3.8, 4) is 5.75 Å². The van der Waals surface area contributed by atoms with Gasteiger partial charge in [-0.15, -0.1) is 0 Å². The zero-order chi connectivity index (χ0) is 18.5. The van der Waals surface area contributed by atoms with Crippen LogP contribution in [0.2, 0.25) is 0 Å². The molecule has 1 amide bonds. The lowest BCUT2D eigenvalue weighted by Crippen LogP contribution is -2.38. The predicted octanol–water partition coefficient (Wildman–Crippen LogP) is 2.19. The highest BCUT2D eigenvalue weighted by Gasteiger charge is 2.19. The van der Waals surface area contributed by atoms with Gasteiger partial charge in [-0.3, -0.25) is 14.2 Å². The Morgan fingerprint density at radius 2 is 1.88 bits per heavy atom. The highest BCUT2D eigenvalue weighted by atomic mass is 16.5. The highest BCUT2D eigenvalue weighted by Crippen LogP contribution is 2.18. The molecule has 0 radical (unpaired) electrons. The van der Waals surface area contributed by atoms with Crippen molar-refractivity contribution in [1.29, 1.82) is 0 Å². The molecule has 2 heterocycles. The van der Waals surface area contributed by atoms with Crippen LogP contribution in [0, 0.1) is 6.92 Å². The Hall–Kier alpha value is -2.83. The number of piperidine rings is 1. The van der Waals surface area contributed by atoms with Crippen LogP contribution in [0.3, 0.4) is 0 Å². The van der Waals surface area contributed by atoms with E-state index in [1.807, 2.05) is 0 Å². The number of aromatic nitrogens is 2. The van der Waals surface area contributed by atoms with Gasteiger partial charge in [-0.2, -0.15) is 0 Å². The third kappa shape index (κ3) is 4.22. The number of aryl methyl sites for hydroxylation is 1. The lowest BCUT2D eigenvalue weighted by atomic mass is 10.1. The number of anilines is 2. The van der Waals surface area contributed by atoms with Gasteiger partial charge in [-0.05, 0) is 50.5 Å². The van der Waals surface area contributed by atoms with E-state index in [0.717, 1.165) is 25.9 Å². The molecule has 0 unspecified atom stereocenters. The van der Waals surface area contributed by atoms with Crippen molar-refractivity contribution >= 4 is 17.5 Å². The number of carbonyl (C=O) groups is 1. The zero-order valence-electron chi connectivity index (χ0n) is 15.2. The second-order valence-electron chi connectivity index (χ2n) is 6.45. The number of nitrogens with zero attached hydrogens (tertiary/aromatic N) is 3. The first kappa shape index (κ1) is 18.0. The number of carbonyl (C=O) groups excluding carboxylic acids is 1. The Morgan fingerprint density at radius 1 is 1.19 bits per heavy atom. The van der Waals surface area contributed by atoms with Gasteiger partial charge in [-0.25, -0.2) is 4.98 Å². The standard InChI is InChI=1S/C19H24N4O3/c1-14-12-18(25)23(19(20-14)22-10-4-3-5-11-22)13-17(24)21-15-6-8-16(26-2)9-7-15/h6-9,12H,3-5,10-11,13H2,1-2H3,(H,21,24). The molecular formula is C19H24N4O3. The van der Waals surface area contributed by atoms with E-state index in [1.54, 1.807) is 38.3 Å². The van der Waals surface area contributed by atoms with Crippen LogP contribution >= 0.6 is 0 Å². The molecule has 0 aliphatic carbocycles. The molecule has 1 aliphatic rings. The normalized spacial score (nSPS) is 14.2. The number of benzene rings is 1. The molecule has 1 aromatic heterocycles. The number of amides is 1. The van der Waals surface area contributed by atoms with Gasteiger partial charge in [0.05, 0.1) is 7.11 Å². The van der Waals surface area contributed by atoms with Crippen molar-refractivity contribution in [1.82, 2.24) is 9.55 Å². The SMILES string of the molecule is COc1ccc(NC(=O)Cn2c(N3CCCCC3)nc(C)cc2=O)cc1. The minimum Gasteiger partial charge on any atom is -0.497 e. The summed E-state index contributed by atoms with van der Waals surface area (Å²) >= 11 is 0. The van der Waals surface area contributed by atoms with Gasteiger partial charge >= 0.3 is 0 Å². The van der Waals surface area contributed by atoms with Crippen molar-refractivity contribution in [2.75, 3.05) is 30.4 Å². The predicted molar refractivity (Wildman–Crippen MR) is 101 cm³/mol. The molecule has 1 saturated heterocycles. The molecule has 0 spiro atoms. The van der Waals surface area contributed by atoms with Gasteiger partial charge in [0.1, 0.15) is 12.3 Å². The molecule has 1 N–H and O–H groups in total. The van der Waals surface area contributed by atoms with Crippen LogP contribution < -0.4 is 20.5 Å². The minimum atomic E-state index is -0.263. The molecular weight excluding hydrogens is 332 g/mol. The minimum absolute atomic E-state index is 0.0655. The van der Waals surface area contributed by atoms with E-state index in [4.69, 9.17) is 4.74 Å². The summed E-state index contributed by atoms with van der Waals surface area (Å²) in [6.45, 7) is 3.45. The third-order valence-corrected chi connectivity index (χ3v) is 4.43. The van der Waals surface area contributed by atoms with Gasteiger partial charge in [0.15, 0.2) is 0 Å². The van der Waals surface area contributed by atoms with Crippen LogP contribution in [0.1, 0.15) is 25.0 Å². The van der Waals surface area contributed by atoms with E-state index < -0.39 is 0 Å². The highest BCUT2D eigenvalue weighted by molar-refractivity contribution is 5.90. The van der Waals surface area contributed by atoms with Crippen LogP contribution in [-0.4, -0.2) is 35.7 Å². The average Bonchev–Trinajstić information content (AvgIpc) is 2.65. The fourth-order valence-electron chi connectivity index (χ4n) is 3.11. The topological polar surface area (TPSA) is 76.5 Å². The van der Waals surface area contributed by atoms with Crippen LogP contribution in [-0.2, 0) is 11.3 Å². The summed E-state index contributed by atoms with van der Waals surface area (Å²) in [5, 5.41) is 2.81. The molecule has 26 heavy (non-hydrogen) atoms. The Bertz CT molecular complexity index is 824. The smallest absolute Gasteiger partial charge is 0.255 e. The summed E-state index contributed by atoms with van der Waals surface area (Å²) in [4.78, 5) is 31.6. The lowest BCUT2D eigenvalue weighted by molar-refractivity contribution is -0.116. The molecule has 0 saturated carbocycles. The second kappa shape index (κ2) is 8.03. The lowest BCUT2D eigenvalue weighted by Gasteiger charge is -2.29. The second-order valence-corrected chi connectivity index (χ2v) is 6.45. The molecule has 1 fully saturated rings. The Balaban J connectivity index is 1.79. The van der Waals surface area contributed by atoms with Crippen LogP contribution in [0.15, 0.2) is 35.1 Å². The summed E-state index contributed by atoms with van der Waals surface area (Å²) in [7, 11) is 1.59. The van der Waals surface area contributed by atoms with Gasteiger partial charge in [0.2, 0.25) is 11.9 Å². The number of hydrogen-bond donors (Lipinski definition) is 1. The summed E-state index contributed by atoms with van der Waals surface area (Å²) in [5.74, 6) is 1.04. The van der Waals surface area contributed by atoms with Crippen molar-refractivity contribution in [3.63, 3.8) is 0 Å². The van der Waals surface area contributed by atoms with Gasteiger partial charge < -0.3 is 15.0 Å². The van der Waals surface area contributed by atoms with Gasteiger partial charge in [-0.1, -0.05) is 0 Å². The fraction of sp³-hybridized carbons (Fsp3) is 0.421. The molecule has 1 aliphatic heterocycles. The zero-order valence-corrected chi connectivity index (χ0v) is 15.2. The summed E-state index contributed by atoms with van der Waals surface area (Å²) in [5.41, 5.74) is 1.12. The van der Waals surface area contributed by atoms with Crippen LogP contribution in [0.5, 0.6) is 5.75 Å². The number of ether oxygens (including phenoxy) is 1. The number of methoxy groups -OCH3 is 1. The van der Waals surface area contributed by atoms with Crippen molar-refractivity contribution in [2.24, 2.45) is 0 Å². The molecule has 3 rings (SSSR count). The van der Waals surface area contributed by atoms with E-state index >= 15 is 0 Å². The number of nitrogens with one attached hydrogen (secondary N) is 1. The Labute approximate surface area is 152 Å². The van der Waals surface area contributed by atoms with E-state index in [9.17, 15) is 9.59 Å². The van der Waals surface area contributed by atoms with Crippen molar-refractivity contribution < 1.29 is 9.53 Å². The molecule has 138 valence electrons. The monoisotopic (exact) mass is 356 g/mol. The molecule has 0 atom stereocenters. The maximum Gasteiger partial charge on any atom is 0.255 e. The van der Waals surface area contributed by atoms with Crippen molar-refractivity contribution in [2.45, 2.75) is 32.7 Å². The number of hydrogen-bond acceptors (Lipinski definition) is 5. The van der Waals surface area contributed by atoms with E-state index in [2.05, 4.69) is 15.2 Å². The number of rotatable bonds is 5. The molecule has 0 bridgehead atoms. The molecule has 7 heteroatoms. The first-order valence-electron chi connectivity index (χ1n) is 8.84.